The number of ether oxygens (including phenoxy) is 3. The number of thioether (sulfide) groups is 1. The number of amides is 1. The van der Waals surface area contributed by atoms with Crippen molar-refractivity contribution in [2.45, 2.75) is 23.8 Å². The van der Waals surface area contributed by atoms with Crippen LogP contribution in [0.3, 0.4) is 0 Å². The molecule has 0 fully saturated rings. The van der Waals surface area contributed by atoms with E-state index in [1.165, 1.54) is 32.0 Å². The van der Waals surface area contributed by atoms with Gasteiger partial charge in [0, 0.05) is 16.2 Å². The second kappa shape index (κ2) is 8.52. The molecule has 2 aromatic rings. The van der Waals surface area contributed by atoms with Crippen molar-refractivity contribution < 1.29 is 23.4 Å². The molecule has 0 aromatic heterocycles. The quantitative estimate of drug-likeness (QED) is 0.813. The Hall–Kier alpha value is -2.41. The molecule has 0 bridgehead atoms. The Morgan fingerprint density at radius 1 is 1.15 bits per heavy atom. The van der Waals surface area contributed by atoms with Crippen LogP contribution in [0.25, 0.3) is 0 Å². The van der Waals surface area contributed by atoms with Gasteiger partial charge < -0.3 is 19.5 Å². The molecule has 0 saturated heterocycles. The van der Waals surface area contributed by atoms with Gasteiger partial charge in [0.05, 0.1) is 33.8 Å². The zero-order valence-corrected chi connectivity index (χ0v) is 16.3. The fraction of sp³-hybridized carbons (Fsp3) is 0.350. The van der Waals surface area contributed by atoms with Gasteiger partial charge in [0.25, 0.3) is 0 Å². The van der Waals surface area contributed by atoms with E-state index in [0.717, 1.165) is 17.7 Å². The van der Waals surface area contributed by atoms with Crippen LogP contribution in [-0.2, 0) is 11.2 Å². The van der Waals surface area contributed by atoms with Crippen LogP contribution in [0.1, 0.15) is 23.6 Å². The summed E-state index contributed by atoms with van der Waals surface area (Å²) in [5.74, 6) is 1.82. The molecule has 7 heteroatoms. The van der Waals surface area contributed by atoms with Crippen molar-refractivity contribution in [1.29, 1.82) is 0 Å². The average Bonchev–Trinajstić information content (AvgIpc) is 2.68. The number of hydrogen-bond acceptors (Lipinski definition) is 5. The van der Waals surface area contributed by atoms with Gasteiger partial charge in [-0.3, -0.25) is 4.79 Å². The van der Waals surface area contributed by atoms with Crippen LogP contribution >= 0.6 is 11.8 Å². The minimum absolute atomic E-state index is 0.123. The normalized spacial score (nSPS) is 15.6. The summed E-state index contributed by atoms with van der Waals surface area (Å²) < 4.78 is 30.1. The molecule has 0 radical (unpaired) electrons. The van der Waals surface area contributed by atoms with Gasteiger partial charge in [-0.15, -0.1) is 11.8 Å². The molecule has 0 unspecified atom stereocenters. The zero-order valence-electron chi connectivity index (χ0n) is 15.5. The third kappa shape index (κ3) is 3.98. The maximum absolute atomic E-state index is 14.0. The van der Waals surface area contributed by atoms with Crippen LogP contribution in [0.5, 0.6) is 17.2 Å². The summed E-state index contributed by atoms with van der Waals surface area (Å²) in [6, 6.07) is 8.32. The van der Waals surface area contributed by atoms with Crippen molar-refractivity contribution in [3.05, 3.63) is 47.3 Å². The highest BCUT2D eigenvalue weighted by Gasteiger charge is 2.25. The average molecular weight is 391 g/mol. The molecule has 1 heterocycles. The molecule has 1 aliphatic rings. The summed E-state index contributed by atoms with van der Waals surface area (Å²) in [4.78, 5) is 13.3. The third-order valence-corrected chi connectivity index (χ3v) is 5.66. The minimum atomic E-state index is -0.238. The molecule has 2 aromatic carbocycles. The van der Waals surface area contributed by atoms with Gasteiger partial charge in [-0.05, 0) is 24.1 Å². The van der Waals surface area contributed by atoms with Crippen molar-refractivity contribution in [3.8, 4) is 17.2 Å². The van der Waals surface area contributed by atoms with Crippen LogP contribution in [0.2, 0.25) is 0 Å². The molecule has 0 saturated carbocycles. The Bertz CT molecular complexity index is 843. The van der Waals surface area contributed by atoms with Crippen LogP contribution in [0.15, 0.2) is 35.2 Å². The summed E-state index contributed by atoms with van der Waals surface area (Å²) in [7, 11) is 4.59. The highest BCUT2D eigenvalue weighted by molar-refractivity contribution is 7.99. The summed E-state index contributed by atoms with van der Waals surface area (Å²) in [6.07, 6.45) is 0.883. The van der Waals surface area contributed by atoms with Gasteiger partial charge in [0.15, 0.2) is 11.5 Å². The van der Waals surface area contributed by atoms with E-state index in [2.05, 4.69) is 5.32 Å². The first-order valence-electron chi connectivity index (χ1n) is 8.57. The van der Waals surface area contributed by atoms with Gasteiger partial charge in [-0.25, -0.2) is 4.39 Å². The number of rotatable bonds is 6. The summed E-state index contributed by atoms with van der Waals surface area (Å²) in [6.45, 7) is 0. The predicted molar refractivity (Wildman–Crippen MR) is 102 cm³/mol. The Labute approximate surface area is 162 Å². The molecule has 5 nitrogen and oxygen atoms in total. The lowest BCUT2D eigenvalue weighted by molar-refractivity contribution is -0.121. The molecule has 0 aliphatic carbocycles. The number of fused-ring (bicyclic) bond motifs is 1. The van der Waals surface area contributed by atoms with Gasteiger partial charge in [-0.1, -0.05) is 18.2 Å². The summed E-state index contributed by atoms with van der Waals surface area (Å²) >= 11 is 1.49. The van der Waals surface area contributed by atoms with Crippen molar-refractivity contribution in [1.82, 2.24) is 5.32 Å². The lowest BCUT2D eigenvalue weighted by Gasteiger charge is -2.26. The highest BCUT2D eigenvalue weighted by Crippen LogP contribution is 2.40. The van der Waals surface area contributed by atoms with Crippen molar-refractivity contribution in [3.63, 3.8) is 0 Å². The Morgan fingerprint density at radius 3 is 2.63 bits per heavy atom. The second-order valence-electron chi connectivity index (χ2n) is 6.09. The maximum atomic E-state index is 14.0. The van der Waals surface area contributed by atoms with Crippen LogP contribution in [-0.4, -0.2) is 33.0 Å². The van der Waals surface area contributed by atoms with Gasteiger partial charge >= 0.3 is 0 Å². The number of methoxy groups -OCH3 is 3. The standard InChI is InChI=1S/C20H22FNO4S/c1-24-16-8-7-12(18(25-2)19(16)26-3)11-17(23)22-15-9-10-27-20-13(15)5-4-6-14(20)21/h4-8,15H,9-11H2,1-3H3,(H,22,23)/t15-/m1/s1. The lowest BCUT2D eigenvalue weighted by atomic mass is 10.0. The molecule has 1 atom stereocenters. The van der Waals surface area contributed by atoms with Crippen molar-refractivity contribution in [2.75, 3.05) is 27.1 Å². The van der Waals surface area contributed by atoms with Gasteiger partial charge in [-0.2, -0.15) is 0 Å². The molecular formula is C20H22FNO4S. The molecule has 1 amide bonds. The van der Waals surface area contributed by atoms with Gasteiger partial charge in [0.2, 0.25) is 11.7 Å². The number of halogens is 1. The molecule has 1 aliphatic heterocycles. The van der Waals surface area contributed by atoms with Crippen LogP contribution < -0.4 is 19.5 Å². The highest BCUT2D eigenvalue weighted by atomic mass is 32.2. The minimum Gasteiger partial charge on any atom is -0.493 e. The van der Waals surface area contributed by atoms with E-state index in [4.69, 9.17) is 14.2 Å². The van der Waals surface area contributed by atoms with E-state index in [-0.39, 0.29) is 24.2 Å². The molecule has 0 spiro atoms. The summed E-state index contributed by atoms with van der Waals surface area (Å²) in [5.41, 5.74) is 1.52. The number of carbonyl (C=O) groups excluding carboxylic acids is 1. The molecular weight excluding hydrogens is 369 g/mol. The number of hydrogen-bond donors (Lipinski definition) is 1. The monoisotopic (exact) mass is 391 g/mol. The fourth-order valence-electron chi connectivity index (χ4n) is 3.26. The van der Waals surface area contributed by atoms with E-state index in [0.29, 0.717) is 27.7 Å². The first-order chi connectivity index (χ1) is 13.1. The molecule has 27 heavy (non-hydrogen) atoms. The lowest BCUT2D eigenvalue weighted by Crippen LogP contribution is -2.32. The van der Waals surface area contributed by atoms with E-state index < -0.39 is 0 Å². The van der Waals surface area contributed by atoms with Crippen LogP contribution in [0, 0.1) is 5.82 Å². The Balaban J connectivity index is 1.79. The van der Waals surface area contributed by atoms with E-state index in [9.17, 15) is 9.18 Å². The van der Waals surface area contributed by atoms with E-state index >= 15 is 0 Å². The SMILES string of the molecule is COc1ccc(CC(=O)N[C@@H]2CCSc3c(F)cccc32)c(OC)c1OC. The topological polar surface area (TPSA) is 56.8 Å². The Kier molecular flexibility index (Phi) is 6.11. The Morgan fingerprint density at radius 2 is 1.93 bits per heavy atom. The molecule has 144 valence electrons. The van der Waals surface area contributed by atoms with E-state index in [1.807, 2.05) is 6.07 Å². The van der Waals surface area contributed by atoms with E-state index in [1.54, 1.807) is 25.3 Å². The second-order valence-corrected chi connectivity index (χ2v) is 7.19. The van der Waals surface area contributed by atoms with Crippen molar-refractivity contribution >= 4 is 17.7 Å². The third-order valence-electron chi connectivity index (χ3n) is 4.50. The predicted octanol–water partition coefficient (Wildman–Crippen LogP) is 3.75. The zero-order chi connectivity index (χ0) is 19.4. The fourth-order valence-corrected chi connectivity index (χ4v) is 4.40. The summed E-state index contributed by atoms with van der Waals surface area (Å²) in [5, 5.41) is 3.02. The molecule has 1 N–H and O–H groups in total. The first-order valence-corrected chi connectivity index (χ1v) is 9.56. The number of benzene rings is 2. The number of carbonyl (C=O) groups is 1. The first kappa shape index (κ1) is 19.4. The smallest absolute Gasteiger partial charge is 0.225 e. The van der Waals surface area contributed by atoms with Crippen LogP contribution in [0.4, 0.5) is 4.39 Å². The molecule has 3 rings (SSSR count). The van der Waals surface area contributed by atoms with Crippen molar-refractivity contribution in [2.24, 2.45) is 0 Å². The van der Waals surface area contributed by atoms with Gasteiger partial charge in [0.1, 0.15) is 5.82 Å². The largest absolute Gasteiger partial charge is 0.493 e. The maximum Gasteiger partial charge on any atom is 0.225 e. The number of nitrogens with one attached hydrogen (secondary N) is 1.